The fourth-order valence-corrected chi connectivity index (χ4v) is 2.37. The Morgan fingerprint density at radius 1 is 1.25 bits per heavy atom. The van der Waals surface area contributed by atoms with Gasteiger partial charge in [-0.3, -0.25) is 4.79 Å². The lowest BCUT2D eigenvalue weighted by Gasteiger charge is -2.10. The molecule has 1 heterocycles. The van der Waals surface area contributed by atoms with Crippen molar-refractivity contribution in [2.24, 2.45) is 7.05 Å². The second-order valence-corrected chi connectivity index (χ2v) is 5.47. The third-order valence-corrected chi connectivity index (χ3v) is 3.73. The maximum absolute atomic E-state index is 14.0. The lowest BCUT2D eigenvalue weighted by molar-refractivity contribution is 0.303. The van der Waals surface area contributed by atoms with Crippen LogP contribution in [0.3, 0.4) is 0 Å². The highest BCUT2D eigenvalue weighted by molar-refractivity contribution is 6.30. The van der Waals surface area contributed by atoms with E-state index in [0.717, 1.165) is 4.68 Å². The predicted molar refractivity (Wildman–Crippen MR) is 85.8 cm³/mol. The van der Waals surface area contributed by atoms with Gasteiger partial charge in [0, 0.05) is 12.6 Å². The topological polar surface area (TPSA) is 53.4 Å². The summed E-state index contributed by atoms with van der Waals surface area (Å²) in [5, 5.41) is 3.88. The van der Waals surface area contributed by atoms with E-state index in [4.69, 9.17) is 21.1 Å². The summed E-state index contributed by atoms with van der Waals surface area (Å²) in [6, 6.07) is 3.68. The molecule has 0 aliphatic carbocycles. The normalized spacial score (nSPS) is 10.7. The average Bonchev–Trinajstić information content (AvgIpc) is 2.54. The lowest BCUT2D eigenvalue weighted by Crippen LogP contribution is -2.19. The Morgan fingerprint density at radius 2 is 2.00 bits per heavy atom. The van der Waals surface area contributed by atoms with E-state index in [-0.39, 0.29) is 40.8 Å². The Hall–Kier alpha value is -2.15. The van der Waals surface area contributed by atoms with E-state index in [9.17, 15) is 13.6 Å². The third-order valence-electron chi connectivity index (χ3n) is 3.46. The Bertz CT molecular complexity index is 781. The van der Waals surface area contributed by atoms with Gasteiger partial charge < -0.3 is 9.47 Å². The Balaban J connectivity index is 1.88. The van der Waals surface area contributed by atoms with Gasteiger partial charge in [0.05, 0.1) is 19.8 Å². The van der Waals surface area contributed by atoms with Crippen molar-refractivity contribution in [2.45, 2.75) is 19.3 Å². The summed E-state index contributed by atoms with van der Waals surface area (Å²) in [5.41, 5.74) is -0.349. The minimum atomic E-state index is -0.683. The molecule has 1 aromatic heterocycles. The van der Waals surface area contributed by atoms with E-state index in [1.165, 1.54) is 32.4 Å². The first kappa shape index (κ1) is 18.2. The van der Waals surface area contributed by atoms with E-state index < -0.39 is 11.6 Å². The molecular weight excluding hydrogens is 342 g/mol. The van der Waals surface area contributed by atoms with Crippen LogP contribution in [-0.4, -0.2) is 23.5 Å². The van der Waals surface area contributed by atoms with Crippen molar-refractivity contribution in [3.05, 3.63) is 50.9 Å². The van der Waals surface area contributed by atoms with Crippen molar-refractivity contribution in [3.8, 4) is 11.5 Å². The van der Waals surface area contributed by atoms with Crippen LogP contribution in [0.4, 0.5) is 8.78 Å². The largest absolute Gasteiger partial charge is 0.494 e. The van der Waals surface area contributed by atoms with Crippen molar-refractivity contribution in [2.75, 3.05) is 13.7 Å². The highest BCUT2D eigenvalue weighted by Crippen LogP contribution is 2.24. The van der Waals surface area contributed by atoms with Crippen LogP contribution in [0.25, 0.3) is 0 Å². The zero-order valence-electron chi connectivity index (χ0n) is 13.3. The molecule has 2 aromatic rings. The Labute approximate surface area is 142 Å². The molecule has 24 heavy (non-hydrogen) atoms. The van der Waals surface area contributed by atoms with Gasteiger partial charge in [0.2, 0.25) is 0 Å². The molecule has 0 saturated carbocycles. The summed E-state index contributed by atoms with van der Waals surface area (Å²) in [7, 11) is 2.81. The van der Waals surface area contributed by atoms with Gasteiger partial charge in [0.25, 0.3) is 5.56 Å². The summed E-state index contributed by atoms with van der Waals surface area (Å²) in [5.74, 6) is -1.08. The molecule has 0 bridgehead atoms. The van der Waals surface area contributed by atoms with Gasteiger partial charge in [-0.05, 0) is 31.4 Å². The maximum Gasteiger partial charge on any atom is 0.270 e. The molecule has 0 amide bonds. The Morgan fingerprint density at radius 3 is 2.71 bits per heavy atom. The molecule has 5 nitrogen and oxygen atoms in total. The maximum atomic E-state index is 14.0. The Kier molecular flexibility index (Phi) is 6.14. The first-order valence-corrected chi connectivity index (χ1v) is 7.69. The number of hydrogen-bond acceptors (Lipinski definition) is 4. The average molecular weight is 359 g/mol. The van der Waals surface area contributed by atoms with Gasteiger partial charge in [0.15, 0.2) is 22.5 Å². The smallest absolute Gasteiger partial charge is 0.270 e. The molecule has 0 N–H and O–H groups in total. The summed E-state index contributed by atoms with van der Waals surface area (Å²) in [6.07, 6.45) is 1.24. The van der Waals surface area contributed by atoms with Gasteiger partial charge in [-0.25, -0.2) is 13.5 Å². The highest BCUT2D eigenvalue weighted by atomic mass is 35.5. The standard InChI is InChI=1S/C16H17ClF2N2O3/c1-21-14(22)9-13(16(17)20-21)24-8-4-3-5-10-11(18)6-7-12(23-2)15(10)19/h6-7,9H,3-5,8H2,1-2H3. The van der Waals surface area contributed by atoms with E-state index >= 15 is 0 Å². The highest BCUT2D eigenvalue weighted by Gasteiger charge is 2.14. The molecule has 1 aromatic carbocycles. The van der Waals surface area contributed by atoms with E-state index in [1.807, 2.05) is 0 Å². The second-order valence-electron chi connectivity index (χ2n) is 5.11. The second kappa shape index (κ2) is 8.10. The SMILES string of the molecule is COc1ccc(F)c(CCCCOc2cc(=O)n(C)nc2Cl)c1F. The number of halogens is 3. The molecular formula is C16H17ClF2N2O3. The first-order valence-electron chi connectivity index (χ1n) is 7.31. The molecule has 0 saturated heterocycles. The van der Waals surface area contributed by atoms with Crippen molar-refractivity contribution in [1.29, 1.82) is 0 Å². The summed E-state index contributed by atoms with van der Waals surface area (Å²) in [4.78, 5) is 11.5. The van der Waals surface area contributed by atoms with Crippen LogP contribution < -0.4 is 15.0 Å². The number of benzene rings is 1. The number of hydrogen-bond donors (Lipinski definition) is 0. The van der Waals surface area contributed by atoms with Gasteiger partial charge >= 0.3 is 0 Å². The minimum Gasteiger partial charge on any atom is -0.494 e. The molecule has 0 aliphatic heterocycles. The molecule has 0 fully saturated rings. The number of unbranched alkanes of at least 4 members (excludes halogenated alkanes) is 1. The molecule has 2 rings (SSSR count). The van der Waals surface area contributed by atoms with Gasteiger partial charge in [0.1, 0.15) is 5.82 Å². The summed E-state index contributed by atoms with van der Waals surface area (Å²) >= 11 is 5.88. The van der Waals surface area contributed by atoms with Crippen molar-refractivity contribution >= 4 is 11.6 Å². The number of methoxy groups -OCH3 is 1. The molecule has 0 radical (unpaired) electrons. The number of ether oxygens (including phenoxy) is 2. The van der Waals surface area contributed by atoms with Gasteiger partial charge in [-0.2, -0.15) is 5.10 Å². The zero-order chi connectivity index (χ0) is 17.7. The monoisotopic (exact) mass is 358 g/mol. The first-order chi connectivity index (χ1) is 11.4. The van der Waals surface area contributed by atoms with E-state index in [0.29, 0.717) is 12.8 Å². The van der Waals surface area contributed by atoms with Gasteiger partial charge in [-0.15, -0.1) is 0 Å². The number of nitrogens with zero attached hydrogens (tertiary/aromatic N) is 2. The minimum absolute atomic E-state index is 0.0115. The quantitative estimate of drug-likeness (QED) is 0.714. The molecule has 8 heteroatoms. The van der Waals surface area contributed by atoms with E-state index in [2.05, 4.69) is 5.10 Å². The van der Waals surface area contributed by atoms with Crippen LogP contribution in [0.15, 0.2) is 23.0 Å². The summed E-state index contributed by atoms with van der Waals surface area (Å²) < 4.78 is 39.0. The molecule has 0 unspecified atom stereocenters. The lowest BCUT2D eigenvalue weighted by atomic mass is 10.1. The number of aromatic nitrogens is 2. The molecule has 130 valence electrons. The molecule has 0 spiro atoms. The molecule has 0 atom stereocenters. The zero-order valence-corrected chi connectivity index (χ0v) is 14.1. The van der Waals surface area contributed by atoms with E-state index in [1.54, 1.807) is 0 Å². The van der Waals surface area contributed by atoms with Gasteiger partial charge in [-0.1, -0.05) is 11.6 Å². The molecule has 0 aliphatic rings. The van der Waals surface area contributed by atoms with Crippen LogP contribution in [0.1, 0.15) is 18.4 Å². The fourth-order valence-electron chi connectivity index (χ4n) is 2.15. The number of rotatable bonds is 7. The van der Waals surface area contributed by atoms with Crippen molar-refractivity contribution < 1.29 is 18.3 Å². The van der Waals surface area contributed by atoms with Crippen molar-refractivity contribution in [1.82, 2.24) is 9.78 Å². The van der Waals surface area contributed by atoms with Crippen LogP contribution in [0.2, 0.25) is 5.15 Å². The van der Waals surface area contributed by atoms with Crippen LogP contribution >= 0.6 is 11.6 Å². The third kappa shape index (κ3) is 4.23. The van der Waals surface area contributed by atoms with Crippen LogP contribution in [-0.2, 0) is 13.5 Å². The number of aryl methyl sites for hydroxylation is 1. The predicted octanol–water partition coefficient (Wildman–Crippen LogP) is 3.12. The fraction of sp³-hybridized carbons (Fsp3) is 0.375. The van der Waals surface area contributed by atoms with Crippen molar-refractivity contribution in [3.63, 3.8) is 0 Å². The van der Waals surface area contributed by atoms with Crippen LogP contribution in [0.5, 0.6) is 11.5 Å². The summed E-state index contributed by atoms with van der Waals surface area (Å²) in [6.45, 7) is 0.252. The van der Waals surface area contributed by atoms with Crippen LogP contribution in [0, 0.1) is 11.6 Å².